The average Bonchev–Trinajstić information content (AvgIpc) is 3.11. The van der Waals surface area contributed by atoms with Crippen LogP contribution in [-0.2, 0) is 4.79 Å². The third-order valence-corrected chi connectivity index (χ3v) is 5.52. The van der Waals surface area contributed by atoms with Gasteiger partial charge in [0.15, 0.2) is 0 Å². The molecule has 6 heteroatoms. The summed E-state index contributed by atoms with van der Waals surface area (Å²) in [6.45, 7) is 1.48. The zero-order valence-corrected chi connectivity index (χ0v) is 14.4. The fraction of sp³-hybridized carbons (Fsp3) is 0.526. The number of amides is 1. The molecule has 2 aromatic rings. The first kappa shape index (κ1) is 16.3. The topological polar surface area (TPSA) is 85.3 Å². The maximum absolute atomic E-state index is 12.4. The standard InChI is InChI=1S/C19H24N4O2/c20-19(9-4-10-19)13-16(24)23-11-7-15(8-12-23)18-21-17(22-25-18)14-5-2-1-3-6-14/h1-3,5-6,15H,4,7-13,20H2. The van der Waals surface area contributed by atoms with Crippen LogP contribution in [0.15, 0.2) is 34.9 Å². The van der Waals surface area contributed by atoms with E-state index < -0.39 is 0 Å². The maximum atomic E-state index is 12.4. The fourth-order valence-electron chi connectivity index (χ4n) is 3.70. The normalized spacial score (nSPS) is 20.3. The summed E-state index contributed by atoms with van der Waals surface area (Å²) in [5.41, 5.74) is 6.92. The number of hydrogen-bond donors (Lipinski definition) is 1. The molecule has 0 spiro atoms. The van der Waals surface area contributed by atoms with Gasteiger partial charge < -0.3 is 15.2 Å². The van der Waals surface area contributed by atoms with Crippen LogP contribution in [0.4, 0.5) is 0 Å². The molecule has 2 heterocycles. The Morgan fingerprint density at radius 3 is 2.60 bits per heavy atom. The second-order valence-corrected chi connectivity index (χ2v) is 7.37. The van der Waals surface area contributed by atoms with Crippen LogP contribution in [0.25, 0.3) is 11.4 Å². The molecule has 0 unspecified atom stereocenters. The molecule has 2 N–H and O–H groups in total. The average molecular weight is 340 g/mol. The van der Waals surface area contributed by atoms with Crippen LogP contribution >= 0.6 is 0 Å². The number of carbonyl (C=O) groups is 1. The smallest absolute Gasteiger partial charge is 0.230 e. The lowest BCUT2D eigenvalue weighted by Crippen LogP contribution is -2.51. The molecule has 1 aliphatic carbocycles. The number of benzene rings is 1. The third-order valence-electron chi connectivity index (χ3n) is 5.52. The highest BCUT2D eigenvalue weighted by Crippen LogP contribution is 2.34. The quantitative estimate of drug-likeness (QED) is 0.925. The number of nitrogens with two attached hydrogens (primary N) is 1. The third kappa shape index (κ3) is 3.44. The van der Waals surface area contributed by atoms with E-state index in [1.165, 1.54) is 0 Å². The highest BCUT2D eigenvalue weighted by molar-refractivity contribution is 5.77. The molecule has 1 amide bonds. The Kier molecular flexibility index (Phi) is 4.29. The van der Waals surface area contributed by atoms with Gasteiger partial charge in [0.1, 0.15) is 0 Å². The summed E-state index contributed by atoms with van der Waals surface area (Å²) in [7, 11) is 0. The minimum atomic E-state index is -0.245. The Bertz CT molecular complexity index is 731. The monoisotopic (exact) mass is 340 g/mol. The first-order valence-corrected chi connectivity index (χ1v) is 9.09. The highest BCUT2D eigenvalue weighted by atomic mass is 16.5. The summed E-state index contributed by atoms with van der Waals surface area (Å²) in [4.78, 5) is 18.9. The number of piperidine rings is 1. The van der Waals surface area contributed by atoms with Gasteiger partial charge in [-0.25, -0.2) is 0 Å². The molecule has 1 aliphatic heterocycles. The summed E-state index contributed by atoms with van der Waals surface area (Å²) < 4.78 is 5.48. The van der Waals surface area contributed by atoms with Crippen molar-refractivity contribution in [3.05, 3.63) is 36.2 Å². The van der Waals surface area contributed by atoms with Gasteiger partial charge >= 0.3 is 0 Å². The van der Waals surface area contributed by atoms with Crippen LogP contribution in [0, 0.1) is 0 Å². The van der Waals surface area contributed by atoms with Crippen molar-refractivity contribution in [3.63, 3.8) is 0 Å². The zero-order valence-electron chi connectivity index (χ0n) is 14.4. The molecule has 25 heavy (non-hydrogen) atoms. The van der Waals surface area contributed by atoms with Crippen LogP contribution in [-0.4, -0.2) is 39.6 Å². The molecule has 1 saturated heterocycles. The van der Waals surface area contributed by atoms with E-state index in [9.17, 15) is 4.79 Å². The largest absolute Gasteiger partial charge is 0.343 e. The number of likely N-dealkylation sites (tertiary alicyclic amines) is 1. The second kappa shape index (κ2) is 6.59. The Hall–Kier alpha value is -2.21. The number of aromatic nitrogens is 2. The number of carbonyl (C=O) groups excluding carboxylic acids is 1. The van der Waals surface area contributed by atoms with Gasteiger partial charge in [0.25, 0.3) is 0 Å². The molecular weight excluding hydrogens is 316 g/mol. The SMILES string of the molecule is NC1(CC(=O)N2CCC(c3nc(-c4ccccc4)no3)CC2)CCC1. The second-order valence-electron chi connectivity index (χ2n) is 7.37. The molecule has 1 aromatic heterocycles. The zero-order chi connectivity index (χ0) is 17.3. The lowest BCUT2D eigenvalue weighted by Gasteiger charge is -2.40. The van der Waals surface area contributed by atoms with Crippen molar-refractivity contribution in [2.24, 2.45) is 5.73 Å². The predicted molar refractivity (Wildman–Crippen MR) is 93.7 cm³/mol. The lowest BCUT2D eigenvalue weighted by molar-refractivity contribution is -0.134. The Labute approximate surface area is 147 Å². The van der Waals surface area contributed by atoms with E-state index >= 15 is 0 Å². The van der Waals surface area contributed by atoms with E-state index in [4.69, 9.17) is 10.3 Å². The van der Waals surface area contributed by atoms with E-state index in [-0.39, 0.29) is 17.4 Å². The van der Waals surface area contributed by atoms with Gasteiger partial charge in [-0.1, -0.05) is 35.5 Å². The number of rotatable bonds is 4. The summed E-state index contributed by atoms with van der Waals surface area (Å²) in [5.74, 6) is 1.73. The lowest BCUT2D eigenvalue weighted by atomic mass is 9.75. The van der Waals surface area contributed by atoms with Crippen molar-refractivity contribution in [2.45, 2.75) is 50.0 Å². The van der Waals surface area contributed by atoms with Crippen molar-refractivity contribution in [3.8, 4) is 11.4 Å². The van der Waals surface area contributed by atoms with Crippen LogP contribution in [0.1, 0.15) is 50.3 Å². The first-order chi connectivity index (χ1) is 12.1. The Morgan fingerprint density at radius 2 is 1.96 bits per heavy atom. The van der Waals surface area contributed by atoms with Crippen LogP contribution in [0.3, 0.4) is 0 Å². The van der Waals surface area contributed by atoms with Gasteiger partial charge in [0.2, 0.25) is 17.6 Å². The molecule has 132 valence electrons. The van der Waals surface area contributed by atoms with Gasteiger partial charge in [0, 0.05) is 36.5 Å². The van der Waals surface area contributed by atoms with Crippen molar-refractivity contribution < 1.29 is 9.32 Å². The minimum absolute atomic E-state index is 0.191. The molecule has 2 aliphatic rings. The number of hydrogen-bond acceptors (Lipinski definition) is 5. The van der Waals surface area contributed by atoms with Gasteiger partial charge in [-0.05, 0) is 32.1 Å². The van der Waals surface area contributed by atoms with E-state index in [1.807, 2.05) is 35.2 Å². The van der Waals surface area contributed by atoms with Crippen LogP contribution < -0.4 is 5.73 Å². The van der Waals surface area contributed by atoms with Crippen LogP contribution in [0.5, 0.6) is 0 Å². The van der Waals surface area contributed by atoms with Crippen molar-refractivity contribution in [1.29, 1.82) is 0 Å². The molecule has 4 rings (SSSR count). The van der Waals surface area contributed by atoms with Gasteiger partial charge in [-0.2, -0.15) is 4.98 Å². The predicted octanol–water partition coefficient (Wildman–Crippen LogP) is 2.71. The maximum Gasteiger partial charge on any atom is 0.230 e. The summed E-state index contributed by atoms with van der Waals surface area (Å²) >= 11 is 0. The van der Waals surface area contributed by atoms with Crippen LogP contribution in [0.2, 0.25) is 0 Å². The summed E-state index contributed by atoms with van der Waals surface area (Å²) in [6, 6.07) is 9.83. The van der Waals surface area contributed by atoms with E-state index in [0.717, 1.165) is 50.8 Å². The fourth-order valence-corrected chi connectivity index (χ4v) is 3.70. The Balaban J connectivity index is 1.34. The molecule has 0 bridgehead atoms. The molecule has 6 nitrogen and oxygen atoms in total. The van der Waals surface area contributed by atoms with Gasteiger partial charge in [-0.3, -0.25) is 4.79 Å². The van der Waals surface area contributed by atoms with E-state index in [2.05, 4.69) is 10.1 Å². The van der Waals surface area contributed by atoms with Gasteiger partial charge in [-0.15, -0.1) is 0 Å². The minimum Gasteiger partial charge on any atom is -0.343 e. The van der Waals surface area contributed by atoms with E-state index in [1.54, 1.807) is 0 Å². The molecule has 0 radical (unpaired) electrons. The van der Waals surface area contributed by atoms with Gasteiger partial charge in [0.05, 0.1) is 0 Å². The highest BCUT2D eigenvalue weighted by Gasteiger charge is 2.37. The number of nitrogens with zero attached hydrogens (tertiary/aromatic N) is 3. The van der Waals surface area contributed by atoms with Crippen molar-refractivity contribution >= 4 is 5.91 Å². The van der Waals surface area contributed by atoms with Crippen molar-refractivity contribution in [1.82, 2.24) is 15.0 Å². The molecule has 0 atom stereocenters. The first-order valence-electron chi connectivity index (χ1n) is 9.09. The molecular formula is C19H24N4O2. The Morgan fingerprint density at radius 1 is 1.24 bits per heavy atom. The molecule has 1 saturated carbocycles. The van der Waals surface area contributed by atoms with E-state index in [0.29, 0.717) is 18.1 Å². The van der Waals surface area contributed by atoms with Crippen molar-refractivity contribution in [2.75, 3.05) is 13.1 Å². The summed E-state index contributed by atoms with van der Waals surface area (Å²) in [6.07, 6.45) is 5.29. The summed E-state index contributed by atoms with van der Waals surface area (Å²) in [5, 5.41) is 4.10. The molecule has 1 aromatic carbocycles. The molecule has 2 fully saturated rings.